The van der Waals surface area contributed by atoms with E-state index in [-0.39, 0.29) is 35.1 Å². The summed E-state index contributed by atoms with van der Waals surface area (Å²) in [6.07, 6.45) is 0.310. The fourth-order valence-electron chi connectivity index (χ4n) is 2.09. The molecule has 1 heterocycles. The zero-order chi connectivity index (χ0) is 14.8. The Balaban J connectivity index is 1.96. The van der Waals surface area contributed by atoms with Gasteiger partial charge in [0, 0.05) is 12.1 Å². The van der Waals surface area contributed by atoms with Crippen LogP contribution in [0.3, 0.4) is 0 Å². The third-order valence-electron chi connectivity index (χ3n) is 3.24. The van der Waals surface area contributed by atoms with E-state index in [9.17, 15) is 17.6 Å². The molecule has 1 unspecified atom stereocenters. The molecule has 1 aliphatic rings. The molecule has 1 aromatic rings. The molecule has 20 heavy (non-hydrogen) atoms. The van der Waals surface area contributed by atoms with Gasteiger partial charge in [0.2, 0.25) is 5.91 Å². The van der Waals surface area contributed by atoms with E-state index in [2.05, 4.69) is 5.32 Å². The van der Waals surface area contributed by atoms with Crippen molar-refractivity contribution in [2.24, 2.45) is 5.92 Å². The second kappa shape index (κ2) is 5.59. The molecule has 0 bridgehead atoms. The molecule has 0 aromatic heterocycles. The van der Waals surface area contributed by atoms with Gasteiger partial charge in [0.15, 0.2) is 9.84 Å². The van der Waals surface area contributed by atoms with Crippen LogP contribution in [-0.4, -0.2) is 25.8 Å². The second-order valence-electron chi connectivity index (χ2n) is 4.74. The number of carbonyl (C=O) groups is 1. The third-order valence-corrected chi connectivity index (χ3v) is 5.01. The van der Waals surface area contributed by atoms with Crippen molar-refractivity contribution in [1.29, 1.82) is 5.26 Å². The first-order valence-corrected chi connectivity index (χ1v) is 7.90. The summed E-state index contributed by atoms with van der Waals surface area (Å²) in [5.74, 6) is -1.62. The molecular formula is C13H13FN2O3S. The molecular weight excluding hydrogens is 283 g/mol. The van der Waals surface area contributed by atoms with Gasteiger partial charge in [-0.05, 0) is 18.6 Å². The first-order chi connectivity index (χ1) is 9.41. The predicted octanol–water partition coefficient (Wildman–Crippen LogP) is 0.748. The molecule has 2 rings (SSSR count). The minimum Gasteiger partial charge on any atom is -0.352 e. The standard InChI is InChI=1S/C13H13FN2O3S/c14-12-5-9(6-15)1-2-10(12)7-16-13(17)11-3-4-20(18,19)8-11/h1-2,5,11H,3-4,7-8H2,(H,16,17). The summed E-state index contributed by atoms with van der Waals surface area (Å²) in [4.78, 5) is 11.8. The number of nitriles is 1. The predicted molar refractivity (Wildman–Crippen MR) is 69.7 cm³/mol. The van der Waals surface area contributed by atoms with Gasteiger partial charge in [0.1, 0.15) is 5.82 Å². The fraction of sp³-hybridized carbons (Fsp3) is 0.385. The van der Waals surface area contributed by atoms with Crippen LogP contribution in [0.1, 0.15) is 17.5 Å². The fourth-order valence-corrected chi connectivity index (χ4v) is 3.83. The molecule has 0 saturated carbocycles. The molecule has 5 nitrogen and oxygen atoms in total. The third kappa shape index (κ3) is 3.33. The molecule has 7 heteroatoms. The quantitative estimate of drug-likeness (QED) is 0.891. The topological polar surface area (TPSA) is 87.0 Å². The van der Waals surface area contributed by atoms with Crippen molar-refractivity contribution in [3.63, 3.8) is 0 Å². The van der Waals surface area contributed by atoms with E-state index in [0.717, 1.165) is 6.07 Å². The SMILES string of the molecule is N#Cc1ccc(CNC(=O)C2CCS(=O)(=O)C2)c(F)c1. The van der Waals surface area contributed by atoms with Gasteiger partial charge in [0.25, 0.3) is 0 Å². The largest absolute Gasteiger partial charge is 0.352 e. The van der Waals surface area contributed by atoms with Crippen LogP contribution >= 0.6 is 0 Å². The number of sulfone groups is 1. The Morgan fingerprint density at radius 3 is 2.80 bits per heavy atom. The molecule has 1 atom stereocenters. The van der Waals surface area contributed by atoms with Gasteiger partial charge in [-0.15, -0.1) is 0 Å². The number of amides is 1. The number of rotatable bonds is 3. The number of halogens is 1. The van der Waals surface area contributed by atoms with Gasteiger partial charge in [-0.3, -0.25) is 4.79 Å². The van der Waals surface area contributed by atoms with Gasteiger partial charge < -0.3 is 5.32 Å². The first-order valence-electron chi connectivity index (χ1n) is 6.08. The van der Waals surface area contributed by atoms with E-state index in [1.165, 1.54) is 12.1 Å². The summed E-state index contributed by atoms with van der Waals surface area (Å²) in [5.41, 5.74) is 0.470. The van der Waals surface area contributed by atoms with Gasteiger partial charge in [0.05, 0.1) is 29.1 Å². The Morgan fingerprint density at radius 1 is 1.50 bits per heavy atom. The molecule has 0 aliphatic carbocycles. The van der Waals surface area contributed by atoms with Crippen LogP contribution < -0.4 is 5.32 Å². The van der Waals surface area contributed by atoms with Crippen molar-refractivity contribution in [1.82, 2.24) is 5.32 Å². The highest BCUT2D eigenvalue weighted by Crippen LogP contribution is 2.18. The van der Waals surface area contributed by atoms with Gasteiger partial charge >= 0.3 is 0 Å². The molecule has 1 saturated heterocycles. The average Bonchev–Trinajstić information content (AvgIpc) is 2.77. The highest BCUT2D eigenvalue weighted by atomic mass is 32.2. The lowest BCUT2D eigenvalue weighted by molar-refractivity contribution is -0.124. The van der Waals surface area contributed by atoms with E-state index in [1.807, 2.05) is 6.07 Å². The molecule has 106 valence electrons. The normalized spacial score (nSPS) is 20.3. The number of nitrogens with one attached hydrogen (secondary N) is 1. The van der Waals surface area contributed by atoms with Crippen molar-refractivity contribution in [3.05, 3.63) is 35.1 Å². The van der Waals surface area contributed by atoms with Crippen molar-refractivity contribution in [3.8, 4) is 6.07 Å². The monoisotopic (exact) mass is 296 g/mol. The molecule has 0 spiro atoms. The molecule has 1 amide bonds. The van der Waals surface area contributed by atoms with Crippen LogP contribution in [0.4, 0.5) is 4.39 Å². The van der Waals surface area contributed by atoms with Crippen LogP contribution in [0.15, 0.2) is 18.2 Å². The van der Waals surface area contributed by atoms with Gasteiger partial charge in [-0.1, -0.05) is 6.07 Å². The lowest BCUT2D eigenvalue weighted by Crippen LogP contribution is -2.31. The van der Waals surface area contributed by atoms with E-state index >= 15 is 0 Å². The Kier molecular flexibility index (Phi) is 4.04. The average molecular weight is 296 g/mol. The summed E-state index contributed by atoms with van der Waals surface area (Å²) in [6.45, 7) is -0.0209. The van der Waals surface area contributed by atoms with Crippen LogP contribution in [0, 0.1) is 23.1 Å². The summed E-state index contributed by atoms with van der Waals surface area (Å²) < 4.78 is 36.1. The highest BCUT2D eigenvalue weighted by molar-refractivity contribution is 7.91. The van der Waals surface area contributed by atoms with Crippen molar-refractivity contribution >= 4 is 15.7 Å². The van der Waals surface area contributed by atoms with E-state index < -0.39 is 21.6 Å². The maximum Gasteiger partial charge on any atom is 0.224 e. The maximum atomic E-state index is 13.6. The first kappa shape index (κ1) is 14.5. The van der Waals surface area contributed by atoms with Crippen molar-refractivity contribution < 1.29 is 17.6 Å². The lowest BCUT2D eigenvalue weighted by atomic mass is 10.1. The molecule has 1 fully saturated rings. The lowest BCUT2D eigenvalue weighted by Gasteiger charge is -2.10. The summed E-state index contributed by atoms with van der Waals surface area (Å²) in [7, 11) is -3.11. The molecule has 0 radical (unpaired) electrons. The Morgan fingerprint density at radius 2 is 2.25 bits per heavy atom. The van der Waals surface area contributed by atoms with Crippen molar-refractivity contribution in [2.75, 3.05) is 11.5 Å². The number of benzene rings is 1. The van der Waals surface area contributed by atoms with Gasteiger partial charge in [-0.25, -0.2) is 12.8 Å². The summed E-state index contributed by atoms with van der Waals surface area (Å²) in [6, 6.07) is 5.81. The summed E-state index contributed by atoms with van der Waals surface area (Å²) in [5, 5.41) is 11.2. The number of nitrogens with zero attached hydrogens (tertiary/aromatic N) is 1. The number of hydrogen-bond acceptors (Lipinski definition) is 4. The van der Waals surface area contributed by atoms with E-state index in [4.69, 9.17) is 5.26 Å². The zero-order valence-corrected chi connectivity index (χ0v) is 11.4. The number of hydrogen-bond donors (Lipinski definition) is 1. The second-order valence-corrected chi connectivity index (χ2v) is 6.96. The molecule has 1 N–H and O–H groups in total. The van der Waals surface area contributed by atoms with Crippen molar-refractivity contribution in [2.45, 2.75) is 13.0 Å². The minimum absolute atomic E-state index is 0.0209. The van der Waals surface area contributed by atoms with Crippen LogP contribution in [0.2, 0.25) is 0 Å². The Bertz CT molecular complexity index is 679. The van der Waals surface area contributed by atoms with Crippen LogP contribution in [-0.2, 0) is 21.2 Å². The van der Waals surface area contributed by atoms with E-state index in [0.29, 0.717) is 6.42 Å². The number of carbonyl (C=O) groups excluding carboxylic acids is 1. The zero-order valence-electron chi connectivity index (χ0n) is 10.6. The summed E-state index contributed by atoms with van der Waals surface area (Å²) >= 11 is 0. The molecule has 1 aliphatic heterocycles. The van der Waals surface area contributed by atoms with Crippen LogP contribution in [0.5, 0.6) is 0 Å². The van der Waals surface area contributed by atoms with Crippen LogP contribution in [0.25, 0.3) is 0 Å². The smallest absolute Gasteiger partial charge is 0.224 e. The maximum absolute atomic E-state index is 13.6. The minimum atomic E-state index is -3.11. The Hall–Kier alpha value is -1.94. The van der Waals surface area contributed by atoms with Gasteiger partial charge in [-0.2, -0.15) is 5.26 Å². The Labute approximate surface area is 116 Å². The molecule has 1 aromatic carbocycles. The van der Waals surface area contributed by atoms with E-state index in [1.54, 1.807) is 0 Å². The highest BCUT2D eigenvalue weighted by Gasteiger charge is 2.32.